The van der Waals surface area contributed by atoms with Crippen LogP contribution < -0.4 is 0 Å². The zero-order chi connectivity index (χ0) is 15.7. The van der Waals surface area contributed by atoms with Gasteiger partial charge in [-0.15, -0.1) is 11.8 Å². The normalized spacial score (nSPS) is 13.0. The second kappa shape index (κ2) is 9.03. The topological polar surface area (TPSA) is 26.3 Å². The van der Waals surface area contributed by atoms with Crippen LogP contribution in [0.2, 0.25) is 0 Å². The highest BCUT2D eigenvalue weighted by Crippen LogP contribution is 2.38. The Labute approximate surface area is 129 Å². The third-order valence-electron chi connectivity index (χ3n) is 3.04. The second-order valence-electron chi connectivity index (χ2n) is 4.76. The number of thioether (sulfide) groups is 1. The van der Waals surface area contributed by atoms with Gasteiger partial charge in [0.05, 0.1) is 11.9 Å². The number of carbonyl (C=O) groups is 1. The number of hydrogen-bond acceptors (Lipinski definition) is 3. The van der Waals surface area contributed by atoms with Gasteiger partial charge >= 0.3 is 11.9 Å². The molecule has 0 spiro atoms. The minimum absolute atomic E-state index is 0.0356. The predicted octanol–water partition coefficient (Wildman–Crippen LogP) is 4.93. The van der Waals surface area contributed by atoms with Crippen molar-refractivity contribution in [2.75, 3.05) is 6.61 Å². The zero-order valence-electron chi connectivity index (χ0n) is 12.5. The fourth-order valence-corrected chi connectivity index (χ4v) is 3.09. The molecule has 1 rings (SSSR count). The van der Waals surface area contributed by atoms with Gasteiger partial charge in [-0.1, -0.05) is 44.4 Å². The van der Waals surface area contributed by atoms with Crippen molar-refractivity contribution in [3.05, 3.63) is 30.3 Å². The van der Waals surface area contributed by atoms with E-state index in [0.717, 1.165) is 29.5 Å². The van der Waals surface area contributed by atoms with Gasteiger partial charge in [0.25, 0.3) is 0 Å². The van der Waals surface area contributed by atoms with E-state index in [1.165, 1.54) is 6.92 Å². The Bertz CT molecular complexity index is 424. The standard InChI is InChI=1S/C16H22F2O2S/c1-3-5-7-12-14(16(17,18)15(19)20-4-2)21-13-10-8-6-9-11-13/h6,8-11,14H,3-5,7,12H2,1-2H3. The zero-order valence-corrected chi connectivity index (χ0v) is 13.3. The molecular weight excluding hydrogens is 294 g/mol. The molecule has 0 aliphatic heterocycles. The average Bonchev–Trinajstić information content (AvgIpc) is 2.47. The summed E-state index contributed by atoms with van der Waals surface area (Å²) in [6.45, 7) is 3.51. The Morgan fingerprint density at radius 3 is 2.48 bits per heavy atom. The van der Waals surface area contributed by atoms with Gasteiger partial charge in [0.1, 0.15) is 0 Å². The smallest absolute Gasteiger partial charge is 0.378 e. The van der Waals surface area contributed by atoms with Gasteiger partial charge in [0.2, 0.25) is 0 Å². The predicted molar refractivity (Wildman–Crippen MR) is 81.8 cm³/mol. The van der Waals surface area contributed by atoms with Crippen LogP contribution in [0.5, 0.6) is 0 Å². The summed E-state index contributed by atoms with van der Waals surface area (Å²) >= 11 is 1.05. The van der Waals surface area contributed by atoms with Crippen LogP contribution >= 0.6 is 11.8 Å². The van der Waals surface area contributed by atoms with Gasteiger partial charge in [-0.2, -0.15) is 8.78 Å². The van der Waals surface area contributed by atoms with Crippen LogP contribution in [0.3, 0.4) is 0 Å². The SMILES string of the molecule is CCCCCC(Sc1ccccc1)C(F)(F)C(=O)OCC. The molecule has 0 aliphatic carbocycles. The van der Waals surface area contributed by atoms with Gasteiger partial charge < -0.3 is 4.74 Å². The average molecular weight is 316 g/mol. The molecule has 21 heavy (non-hydrogen) atoms. The van der Waals surface area contributed by atoms with E-state index in [1.54, 1.807) is 24.3 Å². The first-order chi connectivity index (χ1) is 10.0. The molecule has 0 amide bonds. The Morgan fingerprint density at radius 2 is 1.90 bits per heavy atom. The molecule has 0 bridgehead atoms. The van der Waals surface area contributed by atoms with Gasteiger partial charge in [0.15, 0.2) is 0 Å². The molecule has 0 fully saturated rings. The molecule has 2 nitrogen and oxygen atoms in total. The maximum Gasteiger partial charge on any atom is 0.378 e. The highest BCUT2D eigenvalue weighted by molar-refractivity contribution is 8.00. The fraction of sp³-hybridized carbons (Fsp3) is 0.562. The van der Waals surface area contributed by atoms with E-state index in [-0.39, 0.29) is 6.61 Å². The Hall–Kier alpha value is -1.10. The summed E-state index contributed by atoms with van der Waals surface area (Å²) < 4.78 is 33.1. The molecule has 0 aromatic heterocycles. The number of halogens is 2. The molecule has 0 radical (unpaired) electrons. The number of ether oxygens (including phenoxy) is 1. The first-order valence-electron chi connectivity index (χ1n) is 7.29. The van der Waals surface area contributed by atoms with E-state index in [0.29, 0.717) is 12.8 Å². The third kappa shape index (κ3) is 5.65. The lowest BCUT2D eigenvalue weighted by atomic mass is 10.1. The Kier molecular flexibility index (Phi) is 7.72. The minimum atomic E-state index is -3.47. The van der Waals surface area contributed by atoms with E-state index >= 15 is 0 Å². The molecule has 1 unspecified atom stereocenters. The molecule has 0 saturated heterocycles. The van der Waals surface area contributed by atoms with Crippen molar-refractivity contribution < 1.29 is 18.3 Å². The van der Waals surface area contributed by atoms with Crippen molar-refractivity contribution >= 4 is 17.7 Å². The molecule has 5 heteroatoms. The lowest BCUT2D eigenvalue weighted by Crippen LogP contribution is -2.41. The van der Waals surface area contributed by atoms with Gasteiger partial charge in [-0.25, -0.2) is 4.79 Å². The molecule has 1 aromatic rings. The highest BCUT2D eigenvalue weighted by Gasteiger charge is 2.48. The molecule has 0 heterocycles. The van der Waals surface area contributed by atoms with Crippen LogP contribution in [-0.2, 0) is 9.53 Å². The summed E-state index contributed by atoms with van der Waals surface area (Å²) in [5.41, 5.74) is 0. The second-order valence-corrected chi connectivity index (χ2v) is 6.03. The summed E-state index contributed by atoms with van der Waals surface area (Å²) in [6.07, 6.45) is 2.80. The summed E-state index contributed by atoms with van der Waals surface area (Å²) in [5.74, 6) is -4.89. The fourth-order valence-electron chi connectivity index (χ4n) is 1.92. The van der Waals surface area contributed by atoms with Crippen molar-refractivity contribution in [1.82, 2.24) is 0 Å². The van der Waals surface area contributed by atoms with Gasteiger partial charge in [-0.3, -0.25) is 0 Å². The van der Waals surface area contributed by atoms with Crippen molar-refractivity contribution in [2.24, 2.45) is 0 Å². The van der Waals surface area contributed by atoms with Gasteiger partial charge in [-0.05, 0) is 25.5 Å². The number of carbonyl (C=O) groups excluding carboxylic acids is 1. The largest absolute Gasteiger partial charge is 0.462 e. The maximum absolute atomic E-state index is 14.3. The number of alkyl halides is 2. The van der Waals surface area contributed by atoms with Crippen molar-refractivity contribution in [3.63, 3.8) is 0 Å². The van der Waals surface area contributed by atoms with E-state index in [9.17, 15) is 13.6 Å². The van der Waals surface area contributed by atoms with Crippen LogP contribution in [0.1, 0.15) is 39.5 Å². The Morgan fingerprint density at radius 1 is 1.24 bits per heavy atom. The minimum Gasteiger partial charge on any atom is -0.462 e. The first kappa shape index (κ1) is 18.0. The van der Waals surface area contributed by atoms with Crippen molar-refractivity contribution in [3.8, 4) is 0 Å². The molecule has 0 N–H and O–H groups in total. The van der Waals surface area contributed by atoms with E-state index in [4.69, 9.17) is 0 Å². The van der Waals surface area contributed by atoms with Crippen molar-refractivity contribution in [2.45, 2.75) is 55.6 Å². The van der Waals surface area contributed by atoms with Crippen LogP contribution in [0.15, 0.2) is 35.2 Å². The first-order valence-corrected chi connectivity index (χ1v) is 8.17. The van der Waals surface area contributed by atoms with Crippen LogP contribution in [0, 0.1) is 0 Å². The number of rotatable bonds is 9. The molecule has 1 atom stereocenters. The molecule has 1 aromatic carbocycles. The summed E-state index contributed by atoms with van der Waals surface area (Å²) in [6, 6.07) is 8.99. The summed E-state index contributed by atoms with van der Waals surface area (Å²) in [4.78, 5) is 12.3. The highest BCUT2D eigenvalue weighted by atomic mass is 32.2. The summed E-state index contributed by atoms with van der Waals surface area (Å²) in [7, 11) is 0. The lowest BCUT2D eigenvalue weighted by Gasteiger charge is -2.24. The van der Waals surface area contributed by atoms with Gasteiger partial charge in [0, 0.05) is 4.90 Å². The van der Waals surface area contributed by atoms with Crippen LogP contribution in [0.4, 0.5) is 8.78 Å². The number of benzene rings is 1. The maximum atomic E-state index is 14.3. The van der Waals surface area contributed by atoms with Crippen LogP contribution in [-0.4, -0.2) is 23.7 Å². The lowest BCUT2D eigenvalue weighted by molar-refractivity contribution is -0.171. The third-order valence-corrected chi connectivity index (χ3v) is 4.40. The van der Waals surface area contributed by atoms with E-state index in [2.05, 4.69) is 4.74 Å². The molecule has 118 valence electrons. The summed E-state index contributed by atoms with van der Waals surface area (Å²) in [5, 5.41) is -1.09. The van der Waals surface area contributed by atoms with E-state index in [1.807, 2.05) is 13.0 Å². The number of unbranched alkanes of at least 4 members (excludes halogenated alkanes) is 2. The molecule has 0 saturated carbocycles. The molecular formula is C16H22F2O2S. The Balaban J connectivity index is 2.82. The molecule has 0 aliphatic rings. The van der Waals surface area contributed by atoms with Crippen LogP contribution in [0.25, 0.3) is 0 Å². The monoisotopic (exact) mass is 316 g/mol. The van der Waals surface area contributed by atoms with Crippen molar-refractivity contribution in [1.29, 1.82) is 0 Å². The number of esters is 1. The van der Waals surface area contributed by atoms with E-state index < -0.39 is 17.1 Å². The quantitative estimate of drug-likeness (QED) is 0.367. The number of hydrogen-bond donors (Lipinski definition) is 0.